The van der Waals surface area contributed by atoms with Crippen molar-refractivity contribution in [3.63, 3.8) is 0 Å². The summed E-state index contributed by atoms with van der Waals surface area (Å²) in [6.07, 6.45) is 0. The van der Waals surface area contributed by atoms with Gasteiger partial charge in [0.15, 0.2) is 0 Å². The number of halogens is 1. The lowest BCUT2D eigenvalue weighted by Crippen LogP contribution is -2.58. The standard InChI is InChI=1S/C12H17BN2O2.ClH/c1-2-4-10(5-3-1)11-12(15-7-6-14-11)13-16-8-9-17-13;/h1-5,11-12,14-15H,6-9H2;1H. The lowest BCUT2D eigenvalue weighted by Gasteiger charge is -2.34. The van der Waals surface area contributed by atoms with Crippen molar-refractivity contribution in [2.45, 2.75) is 12.0 Å². The Labute approximate surface area is 114 Å². The van der Waals surface area contributed by atoms with Crippen LogP contribution in [-0.2, 0) is 9.31 Å². The minimum atomic E-state index is -0.131. The Kier molecular flexibility index (Phi) is 5.03. The van der Waals surface area contributed by atoms with Crippen LogP contribution in [0.3, 0.4) is 0 Å². The highest BCUT2D eigenvalue weighted by atomic mass is 35.5. The number of hydrogen-bond donors (Lipinski definition) is 2. The molecule has 6 heteroatoms. The second kappa shape index (κ2) is 6.54. The molecule has 2 unspecified atom stereocenters. The molecule has 2 heterocycles. The molecule has 0 aliphatic carbocycles. The van der Waals surface area contributed by atoms with Gasteiger partial charge in [0.25, 0.3) is 0 Å². The fourth-order valence-corrected chi connectivity index (χ4v) is 2.53. The average Bonchev–Trinajstić information content (AvgIpc) is 2.94. The minimum absolute atomic E-state index is 0. The van der Waals surface area contributed by atoms with Crippen molar-refractivity contribution in [2.75, 3.05) is 26.3 Å². The Bertz CT molecular complexity index is 362. The normalized spacial score (nSPS) is 27.9. The van der Waals surface area contributed by atoms with Crippen LogP contribution >= 0.6 is 12.4 Å². The van der Waals surface area contributed by atoms with Crippen LogP contribution in [-0.4, -0.2) is 39.4 Å². The Morgan fingerprint density at radius 2 is 1.67 bits per heavy atom. The maximum Gasteiger partial charge on any atom is 0.477 e. The molecule has 2 aliphatic heterocycles. The second-order valence-corrected chi connectivity index (χ2v) is 4.43. The molecule has 2 aliphatic rings. The molecule has 2 atom stereocenters. The molecule has 98 valence electrons. The first-order valence-electron chi connectivity index (χ1n) is 6.20. The van der Waals surface area contributed by atoms with Crippen LogP contribution in [0.5, 0.6) is 0 Å². The van der Waals surface area contributed by atoms with Crippen LogP contribution in [0.2, 0.25) is 0 Å². The number of benzene rings is 1. The number of nitrogens with one attached hydrogen (secondary N) is 2. The molecule has 0 saturated carbocycles. The highest BCUT2D eigenvalue weighted by molar-refractivity contribution is 6.47. The smallest absolute Gasteiger partial charge is 0.408 e. The van der Waals surface area contributed by atoms with Crippen molar-refractivity contribution in [1.82, 2.24) is 10.6 Å². The van der Waals surface area contributed by atoms with E-state index in [2.05, 4.69) is 34.9 Å². The van der Waals surface area contributed by atoms with Gasteiger partial charge in [-0.05, 0) is 5.56 Å². The summed E-state index contributed by atoms with van der Waals surface area (Å²) in [5.41, 5.74) is 1.28. The van der Waals surface area contributed by atoms with Gasteiger partial charge in [-0.15, -0.1) is 12.4 Å². The third-order valence-corrected chi connectivity index (χ3v) is 3.33. The number of hydrogen-bond acceptors (Lipinski definition) is 4. The van der Waals surface area contributed by atoms with Gasteiger partial charge in [0.05, 0.1) is 19.2 Å². The van der Waals surface area contributed by atoms with E-state index in [0.29, 0.717) is 13.2 Å². The SMILES string of the molecule is Cl.c1ccc(C2NCCNC2B2OCCO2)cc1. The van der Waals surface area contributed by atoms with E-state index in [1.54, 1.807) is 0 Å². The van der Waals surface area contributed by atoms with E-state index in [0.717, 1.165) is 13.1 Å². The Morgan fingerprint density at radius 3 is 2.39 bits per heavy atom. The predicted molar refractivity (Wildman–Crippen MR) is 73.9 cm³/mol. The van der Waals surface area contributed by atoms with Crippen LogP contribution in [0.1, 0.15) is 11.6 Å². The Balaban J connectivity index is 0.00000120. The highest BCUT2D eigenvalue weighted by Gasteiger charge is 2.40. The third-order valence-electron chi connectivity index (χ3n) is 3.33. The monoisotopic (exact) mass is 268 g/mol. The molecule has 3 rings (SSSR count). The minimum Gasteiger partial charge on any atom is -0.408 e. The van der Waals surface area contributed by atoms with Crippen LogP contribution < -0.4 is 10.6 Å². The lowest BCUT2D eigenvalue weighted by molar-refractivity contribution is 0.295. The van der Waals surface area contributed by atoms with Crippen LogP contribution in [0.25, 0.3) is 0 Å². The zero-order valence-electron chi connectivity index (χ0n) is 10.2. The first-order valence-corrected chi connectivity index (χ1v) is 6.20. The summed E-state index contributed by atoms with van der Waals surface area (Å²) in [4.78, 5) is 0. The van der Waals surface area contributed by atoms with E-state index >= 15 is 0 Å². The predicted octanol–water partition coefficient (Wildman–Crippen LogP) is 0.785. The van der Waals surface area contributed by atoms with E-state index in [1.807, 2.05) is 6.07 Å². The highest BCUT2D eigenvalue weighted by Crippen LogP contribution is 2.22. The molecule has 18 heavy (non-hydrogen) atoms. The van der Waals surface area contributed by atoms with Gasteiger partial charge < -0.3 is 19.9 Å². The molecule has 0 radical (unpaired) electrons. The Hall–Kier alpha value is -0.585. The first kappa shape index (κ1) is 13.8. The molecular formula is C12H18BClN2O2. The van der Waals surface area contributed by atoms with E-state index in [-0.39, 0.29) is 31.5 Å². The van der Waals surface area contributed by atoms with Gasteiger partial charge in [0.2, 0.25) is 0 Å². The molecule has 2 saturated heterocycles. The summed E-state index contributed by atoms with van der Waals surface area (Å²) in [6.45, 7) is 3.33. The first-order chi connectivity index (χ1) is 8.45. The zero-order chi connectivity index (χ0) is 11.5. The van der Waals surface area contributed by atoms with Crippen molar-refractivity contribution in [3.05, 3.63) is 35.9 Å². The summed E-state index contributed by atoms with van der Waals surface area (Å²) in [6, 6.07) is 10.7. The van der Waals surface area contributed by atoms with Crippen LogP contribution in [0.4, 0.5) is 0 Å². The molecular weight excluding hydrogens is 250 g/mol. The molecule has 2 N–H and O–H groups in total. The molecule has 0 aromatic heterocycles. The summed E-state index contributed by atoms with van der Waals surface area (Å²) in [5, 5.41) is 7.04. The molecule has 1 aromatic rings. The molecule has 1 aromatic carbocycles. The lowest BCUT2D eigenvalue weighted by atomic mass is 9.71. The van der Waals surface area contributed by atoms with Gasteiger partial charge in [-0.2, -0.15) is 0 Å². The van der Waals surface area contributed by atoms with E-state index in [4.69, 9.17) is 9.31 Å². The molecule has 0 spiro atoms. The van der Waals surface area contributed by atoms with E-state index in [1.165, 1.54) is 5.56 Å². The second-order valence-electron chi connectivity index (χ2n) is 4.43. The molecule has 2 fully saturated rings. The molecule has 0 bridgehead atoms. The summed E-state index contributed by atoms with van der Waals surface area (Å²) in [7, 11) is -0.131. The van der Waals surface area contributed by atoms with Gasteiger partial charge in [0.1, 0.15) is 0 Å². The quantitative estimate of drug-likeness (QED) is 0.778. The summed E-state index contributed by atoms with van der Waals surface area (Å²) >= 11 is 0. The third kappa shape index (κ3) is 2.87. The summed E-state index contributed by atoms with van der Waals surface area (Å²) < 4.78 is 11.2. The van der Waals surface area contributed by atoms with E-state index in [9.17, 15) is 0 Å². The van der Waals surface area contributed by atoms with Gasteiger partial charge in [-0.1, -0.05) is 30.3 Å². The number of piperazine rings is 1. The molecule has 4 nitrogen and oxygen atoms in total. The van der Waals surface area contributed by atoms with Crippen LogP contribution in [0.15, 0.2) is 30.3 Å². The van der Waals surface area contributed by atoms with Gasteiger partial charge in [-0.3, -0.25) is 0 Å². The topological polar surface area (TPSA) is 42.5 Å². The van der Waals surface area contributed by atoms with Gasteiger partial charge in [0, 0.05) is 19.1 Å². The fourth-order valence-electron chi connectivity index (χ4n) is 2.53. The fraction of sp³-hybridized carbons (Fsp3) is 0.500. The van der Waals surface area contributed by atoms with Gasteiger partial charge >= 0.3 is 7.12 Å². The molecule has 0 amide bonds. The van der Waals surface area contributed by atoms with Crippen molar-refractivity contribution in [3.8, 4) is 0 Å². The van der Waals surface area contributed by atoms with Crippen LogP contribution in [0, 0.1) is 0 Å². The Morgan fingerprint density at radius 1 is 1.00 bits per heavy atom. The number of rotatable bonds is 2. The summed E-state index contributed by atoms with van der Waals surface area (Å²) in [5.74, 6) is 0.189. The van der Waals surface area contributed by atoms with Crippen molar-refractivity contribution in [2.24, 2.45) is 0 Å². The maximum atomic E-state index is 5.62. The maximum absolute atomic E-state index is 5.62. The largest absolute Gasteiger partial charge is 0.477 e. The van der Waals surface area contributed by atoms with E-state index < -0.39 is 0 Å². The average molecular weight is 269 g/mol. The van der Waals surface area contributed by atoms with Crippen molar-refractivity contribution in [1.29, 1.82) is 0 Å². The van der Waals surface area contributed by atoms with Crippen molar-refractivity contribution < 1.29 is 9.31 Å². The van der Waals surface area contributed by atoms with Gasteiger partial charge in [-0.25, -0.2) is 0 Å². The van der Waals surface area contributed by atoms with Crippen molar-refractivity contribution >= 4 is 19.5 Å². The zero-order valence-corrected chi connectivity index (χ0v) is 11.0.